The lowest BCUT2D eigenvalue weighted by molar-refractivity contribution is -0.137. The van der Waals surface area contributed by atoms with Gasteiger partial charge in [-0.2, -0.15) is 13.2 Å². The third-order valence-corrected chi connectivity index (χ3v) is 2.31. The van der Waals surface area contributed by atoms with Crippen molar-refractivity contribution < 1.29 is 13.2 Å². The first-order chi connectivity index (χ1) is 6.95. The molecule has 1 aromatic rings. The molecule has 0 N–H and O–H groups in total. The molecule has 0 unspecified atom stereocenters. The summed E-state index contributed by atoms with van der Waals surface area (Å²) < 4.78 is 37.6. The average molecular weight is 300 g/mol. The Labute approximate surface area is 98.9 Å². The number of hydrogen-bond donors (Lipinski definition) is 0. The number of allylic oxidation sites excluding steroid dienone is 1. The Morgan fingerprint density at radius 1 is 1.33 bits per heavy atom. The summed E-state index contributed by atoms with van der Waals surface area (Å²) in [7, 11) is 0. The highest BCUT2D eigenvalue weighted by atomic mass is 79.9. The van der Waals surface area contributed by atoms with Gasteiger partial charge in [0.05, 0.1) is 5.56 Å². The van der Waals surface area contributed by atoms with Crippen LogP contribution in [0.4, 0.5) is 13.2 Å². The van der Waals surface area contributed by atoms with Gasteiger partial charge in [-0.1, -0.05) is 39.7 Å². The fraction of sp³-hybridized carbons (Fsp3) is 0.200. The van der Waals surface area contributed by atoms with Gasteiger partial charge < -0.3 is 0 Å². The van der Waals surface area contributed by atoms with Crippen molar-refractivity contribution >= 4 is 33.6 Å². The smallest absolute Gasteiger partial charge is 0.166 e. The normalized spacial score (nSPS) is 12.3. The molecule has 0 aliphatic carbocycles. The predicted molar refractivity (Wildman–Crippen MR) is 59.3 cm³/mol. The maximum absolute atomic E-state index is 12.5. The molecular weight excluding hydrogens is 292 g/mol. The number of hydrogen-bond acceptors (Lipinski definition) is 0. The highest BCUT2D eigenvalue weighted by Gasteiger charge is 2.32. The fourth-order valence-electron chi connectivity index (χ4n) is 1.10. The molecule has 0 aliphatic heterocycles. The van der Waals surface area contributed by atoms with E-state index in [2.05, 4.69) is 15.9 Å². The molecule has 0 aliphatic rings. The van der Waals surface area contributed by atoms with Crippen LogP contribution in [0.3, 0.4) is 0 Å². The van der Waals surface area contributed by atoms with Crippen LogP contribution in [0.15, 0.2) is 24.3 Å². The number of alkyl halides is 4. The Morgan fingerprint density at radius 2 is 2.00 bits per heavy atom. The summed E-state index contributed by atoms with van der Waals surface area (Å²) in [5.74, 6) is 0. The van der Waals surface area contributed by atoms with Gasteiger partial charge in [0, 0.05) is 10.4 Å². The van der Waals surface area contributed by atoms with Gasteiger partial charge in [0.2, 0.25) is 0 Å². The SMILES string of the molecule is FC(F)(F)c1ccc(Cl)cc1C=CCBr. The van der Waals surface area contributed by atoms with Crippen LogP contribution in [0, 0.1) is 0 Å². The molecule has 0 amide bonds. The first-order valence-electron chi connectivity index (χ1n) is 4.04. The first kappa shape index (κ1) is 12.6. The highest BCUT2D eigenvalue weighted by molar-refractivity contribution is 9.09. The van der Waals surface area contributed by atoms with Crippen molar-refractivity contribution in [2.75, 3.05) is 5.33 Å². The second-order valence-electron chi connectivity index (χ2n) is 2.79. The van der Waals surface area contributed by atoms with Gasteiger partial charge in [-0.05, 0) is 23.8 Å². The van der Waals surface area contributed by atoms with Crippen LogP contribution in [0.1, 0.15) is 11.1 Å². The molecule has 0 atom stereocenters. The predicted octanol–water partition coefficient (Wildman–Crippen LogP) is 4.77. The third kappa shape index (κ3) is 3.54. The minimum absolute atomic E-state index is 0.0782. The molecule has 0 nitrogen and oxygen atoms in total. The largest absolute Gasteiger partial charge is 0.416 e. The van der Waals surface area contributed by atoms with Gasteiger partial charge in [0.1, 0.15) is 0 Å². The monoisotopic (exact) mass is 298 g/mol. The minimum Gasteiger partial charge on any atom is -0.166 e. The van der Waals surface area contributed by atoms with Crippen LogP contribution < -0.4 is 0 Å². The van der Waals surface area contributed by atoms with Crippen molar-refractivity contribution in [3.63, 3.8) is 0 Å². The van der Waals surface area contributed by atoms with E-state index in [-0.39, 0.29) is 10.6 Å². The van der Waals surface area contributed by atoms with E-state index >= 15 is 0 Å². The average Bonchev–Trinajstić information content (AvgIpc) is 2.12. The molecule has 0 saturated carbocycles. The van der Waals surface area contributed by atoms with E-state index in [4.69, 9.17) is 11.6 Å². The van der Waals surface area contributed by atoms with E-state index in [0.717, 1.165) is 6.07 Å². The number of rotatable bonds is 2. The van der Waals surface area contributed by atoms with Crippen LogP contribution in [0.2, 0.25) is 5.02 Å². The molecule has 0 spiro atoms. The lowest BCUT2D eigenvalue weighted by Crippen LogP contribution is -2.07. The zero-order valence-corrected chi connectivity index (χ0v) is 9.83. The molecular formula is C10H7BrClF3. The van der Waals surface area contributed by atoms with E-state index in [0.29, 0.717) is 5.33 Å². The molecule has 5 heteroatoms. The Bertz CT molecular complexity index is 371. The van der Waals surface area contributed by atoms with Gasteiger partial charge in [-0.15, -0.1) is 0 Å². The zero-order chi connectivity index (χ0) is 11.5. The molecule has 0 saturated heterocycles. The van der Waals surface area contributed by atoms with Crippen molar-refractivity contribution in [3.05, 3.63) is 40.4 Å². The maximum atomic E-state index is 12.5. The van der Waals surface area contributed by atoms with Crippen molar-refractivity contribution in [1.29, 1.82) is 0 Å². The van der Waals surface area contributed by atoms with Crippen LogP contribution in [-0.2, 0) is 6.18 Å². The molecule has 0 radical (unpaired) electrons. The van der Waals surface area contributed by atoms with Crippen LogP contribution in [-0.4, -0.2) is 5.33 Å². The second-order valence-corrected chi connectivity index (χ2v) is 3.87. The molecule has 0 bridgehead atoms. The van der Waals surface area contributed by atoms with Gasteiger partial charge >= 0.3 is 6.18 Å². The standard InChI is InChI=1S/C10H7BrClF3/c11-5-1-2-7-6-8(12)3-4-9(7)10(13,14)15/h1-4,6H,5H2. The summed E-state index contributed by atoms with van der Waals surface area (Å²) in [6.45, 7) is 0. The lowest BCUT2D eigenvalue weighted by Gasteiger charge is -2.10. The zero-order valence-electron chi connectivity index (χ0n) is 7.48. The third-order valence-electron chi connectivity index (χ3n) is 1.71. The topological polar surface area (TPSA) is 0 Å². The molecule has 0 fully saturated rings. The van der Waals surface area contributed by atoms with E-state index in [1.54, 1.807) is 6.08 Å². The fourth-order valence-corrected chi connectivity index (χ4v) is 1.47. The van der Waals surface area contributed by atoms with E-state index in [1.807, 2.05) is 0 Å². The van der Waals surface area contributed by atoms with Crippen molar-refractivity contribution in [3.8, 4) is 0 Å². The molecule has 82 valence electrons. The summed E-state index contributed by atoms with van der Waals surface area (Å²) in [6, 6.07) is 3.51. The van der Waals surface area contributed by atoms with E-state index in [1.165, 1.54) is 18.2 Å². The molecule has 1 aromatic carbocycles. The molecule has 1 rings (SSSR count). The van der Waals surface area contributed by atoms with E-state index < -0.39 is 11.7 Å². The van der Waals surface area contributed by atoms with Gasteiger partial charge in [-0.3, -0.25) is 0 Å². The van der Waals surface area contributed by atoms with Gasteiger partial charge in [0.25, 0.3) is 0 Å². The molecule has 0 heterocycles. The Morgan fingerprint density at radius 3 is 2.53 bits per heavy atom. The van der Waals surface area contributed by atoms with Gasteiger partial charge in [0.15, 0.2) is 0 Å². The van der Waals surface area contributed by atoms with Crippen molar-refractivity contribution in [2.45, 2.75) is 6.18 Å². The second kappa shape index (κ2) is 5.03. The van der Waals surface area contributed by atoms with Crippen molar-refractivity contribution in [1.82, 2.24) is 0 Å². The lowest BCUT2D eigenvalue weighted by atomic mass is 10.1. The first-order valence-corrected chi connectivity index (χ1v) is 5.54. The summed E-state index contributed by atoms with van der Waals surface area (Å²) >= 11 is 8.73. The molecule has 15 heavy (non-hydrogen) atoms. The summed E-state index contributed by atoms with van der Waals surface area (Å²) in [5.41, 5.74) is -0.599. The highest BCUT2D eigenvalue weighted by Crippen LogP contribution is 2.33. The summed E-state index contributed by atoms with van der Waals surface area (Å²) in [4.78, 5) is 0. The quantitative estimate of drug-likeness (QED) is 0.690. The Hall–Kier alpha value is -0.480. The van der Waals surface area contributed by atoms with Crippen LogP contribution in [0.25, 0.3) is 6.08 Å². The van der Waals surface area contributed by atoms with Crippen molar-refractivity contribution in [2.24, 2.45) is 0 Å². The molecule has 0 aromatic heterocycles. The summed E-state index contributed by atoms with van der Waals surface area (Å²) in [5, 5.41) is 0.786. The van der Waals surface area contributed by atoms with Gasteiger partial charge in [-0.25, -0.2) is 0 Å². The Balaban J connectivity index is 3.21. The maximum Gasteiger partial charge on any atom is 0.416 e. The number of benzene rings is 1. The van der Waals surface area contributed by atoms with Crippen LogP contribution >= 0.6 is 27.5 Å². The summed E-state index contributed by atoms with van der Waals surface area (Å²) in [6.07, 6.45) is -1.37. The van der Waals surface area contributed by atoms with E-state index in [9.17, 15) is 13.2 Å². The minimum atomic E-state index is -4.35. The Kier molecular flexibility index (Phi) is 4.22. The number of halogens is 5. The van der Waals surface area contributed by atoms with Crippen LogP contribution in [0.5, 0.6) is 0 Å².